The molecular formula is C13H10Cl3NOS. The number of hydrogen-bond acceptors (Lipinski definition) is 3. The molecule has 100 valence electrons. The smallest absolute Gasteiger partial charge is 0.136 e. The highest BCUT2D eigenvalue weighted by Crippen LogP contribution is 2.35. The molecule has 0 aromatic heterocycles. The van der Waals surface area contributed by atoms with Crippen molar-refractivity contribution in [3.05, 3.63) is 51.0 Å². The fourth-order valence-electron chi connectivity index (χ4n) is 1.50. The van der Waals surface area contributed by atoms with Crippen LogP contribution >= 0.6 is 46.8 Å². The standard InChI is InChI=1S/C13H10Cl3NOS/c1-7-4-8(14)5-11(16)13(7)19-17-9-2-3-10(15)12(18)6-9/h2-6,17-18H,1H3. The molecule has 0 aliphatic heterocycles. The molecule has 2 N–H and O–H groups in total. The second kappa shape index (κ2) is 6.14. The molecule has 0 atom stereocenters. The summed E-state index contributed by atoms with van der Waals surface area (Å²) in [5, 5.41) is 11.0. The molecule has 0 aliphatic carbocycles. The van der Waals surface area contributed by atoms with E-state index in [9.17, 15) is 5.11 Å². The summed E-state index contributed by atoms with van der Waals surface area (Å²) in [5.74, 6) is 0.0335. The van der Waals surface area contributed by atoms with E-state index in [0.717, 1.165) is 16.1 Å². The first kappa shape index (κ1) is 14.7. The molecule has 19 heavy (non-hydrogen) atoms. The van der Waals surface area contributed by atoms with Crippen molar-refractivity contribution < 1.29 is 5.11 Å². The van der Waals surface area contributed by atoms with Gasteiger partial charge < -0.3 is 9.83 Å². The second-order valence-corrected chi connectivity index (χ2v) is 5.97. The average molecular weight is 335 g/mol. The lowest BCUT2D eigenvalue weighted by molar-refractivity contribution is 0.476. The summed E-state index contributed by atoms with van der Waals surface area (Å²) in [6.07, 6.45) is 0. The van der Waals surface area contributed by atoms with Gasteiger partial charge in [-0.15, -0.1) is 0 Å². The van der Waals surface area contributed by atoms with E-state index in [1.807, 2.05) is 13.0 Å². The van der Waals surface area contributed by atoms with Crippen LogP contribution < -0.4 is 4.72 Å². The van der Waals surface area contributed by atoms with Gasteiger partial charge in [-0.3, -0.25) is 0 Å². The van der Waals surface area contributed by atoms with Gasteiger partial charge in [-0.1, -0.05) is 34.8 Å². The summed E-state index contributed by atoms with van der Waals surface area (Å²) in [7, 11) is 0. The van der Waals surface area contributed by atoms with Crippen LogP contribution in [0, 0.1) is 6.92 Å². The first-order valence-electron chi connectivity index (χ1n) is 5.34. The van der Waals surface area contributed by atoms with E-state index in [1.54, 1.807) is 24.3 Å². The van der Waals surface area contributed by atoms with Gasteiger partial charge in [-0.05, 0) is 48.7 Å². The Kier molecular flexibility index (Phi) is 4.74. The van der Waals surface area contributed by atoms with Crippen LogP contribution in [0.5, 0.6) is 5.75 Å². The minimum Gasteiger partial charge on any atom is -0.506 e. The first-order chi connectivity index (χ1) is 8.97. The van der Waals surface area contributed by atoms with Gasteiger partial charge >= 0.3 is 0 Å². The van der Waals surface area contributed by atoms with Crippen LogP contribution in [0.3, 0.4) is 0 Å². The molecule has 2 nitrogen and oxygen atoms in total. The van der Waals surface area contributed by atoms with Gasteiger partial charge in [0.05, 0.1) is 14.9 Å². The van der Waals surface area contributed by atoms with Crippen molar-refractivity contribution in [1.29, 1.82) is 0 Å². The van der Waals surface area contributed by atoms with Gasteiger partial charge in [-0.25, -0.2) is 0 Å². The maximum atomic E-state index is 9.52. The molecule has 2 rings (SSSR count). The summed E-state index contributed by atoms with van der Waals surface area (Å²) < 4.78 is 3.10. The van der Waals surface area contributed by atoms with E-state index >= 15 is 0 Å². The lowest BCUT2D eigenvalue weighted by atomic mass is 10.2. The van der Waals surface area contributed by atoms with Crippen LogP contribution in [0.25, 0.3) is 0 Å². The van der Waals surface area contributed by atoms with Crippen molar-refractivity contribution >= 4 is 52.4 Å². The van der Waals surface area contributed by atoms with Gasteiger partial charge in [0, 0.05) is 16.8 Å². The number of phenolic OH excluding ortho intramolecular Hbond substituents is 1. The van der Waals surface area contributed by atoms with E-state index in [4.69, 9.17) is 34.8 Å². The topological polar surface area (TPSA) is 32.3 Å². The number of aryl methyl sites for hydroxylation is 1. The van der Waals surface area contributed by atoms with Crippen molar-refractivity contribution in [3.63, 3.8) is 0 Å². The van der Waals surface area contributed by atoms with Gasteiger partial charge in [0.25, 0.3) is 0 Å². The summed E-state index contributed by atoms with van der Waals surface area (Å²) in [5.41, 5.74) is 1.71. The highest BCUT2D eigenvalue weighted by Gasteiger charge is 2.08. The molecule has 6 heteroatoms. The number of aromatic hydroxyl groups is 1. The Hall–Kier alpha value is -0.740. The van der Waals surface area contributed by atoms with Crippen molar-refractivity contribution in [3.8, 4) is 5.75 Å². The number of rotatable bonds is 3. The lowest BCUT2D eigenvalue weighted by Gasteiger charge is -2.10. The summed E-state index contributed by atoms with van der Waals surface area (Å²) in [4.78, 5) is 0.889. The fourth-order valence-corrected chi connectivity index (χ4v) is 3.06. The van der Waals surface area contributed by atoms with E-state index in [0.29, 0.717) is 15.1 Å². The van der Waals surface area contributed by atoms with Crippen molar-refractivity contribution in [2.24, 2.45) is 0 Å². The Bertz CT molecular complexity index is 596. The largest absolute Gasteiger partial charge is 0.506 e. The quantitative estimate of drug-likeness (QED) is 0.698. The Labute approximate surface area is 130 Å². The zero-order valence-corrected chi connectivity index (χ0v) is 13.0. The Morgan fingerprint density at radius 2 is 1.79 bits per heavy atom. The Morgan fingerprint density at radius 1 is 1.05 bits per heavy atom. The number of anilines is 1. The molecule has 2 aromatic carbocycles. The molecule has 0 unspecified atom stereocenters. The number of benzene rings is 2. The van der Waals surface area contributed by atoms with E-state index < -0.39 is 0 Å². The number of nitrogens with one attached hydrogen (secondary N) is 1. The van der Waals surface area contributed by atoms with Gasteiger partial charge in [-0.2, -0.15) is 0 Å². The normalized spacial score (nSPS) is 10.5. The maximum absolute atomic E-state index is 9.52. The molecule has 0 aliphatic rings. The molecule has 0 saturated carbocycles. The van der Waals surface area contributed by atoms with E-state index in [1.165, 1.54) is 11.9 Å². The Morgan fingerprint density at radius 3 is 2.42 bits per heavy atom. The van der Waals surface area contributed by atoms with Crippen LogP contribution in [0.4, 0.5) is 5.69 Å². The van der Waals surface area contributed by atoms with E-state index in [-0.39, 0.29) is 5.75 Å². The Balaban J connectivity index is 2.16. The third kappa shape index (κ3) is 3.63. The molecule has 0 bridgehead atoms. The molecule has 2 aromatic rings. The van der Waals surface area contributed by atoms with Gasteiger partial charge in [0.1, 0.15) is 5.75 Å². The van der Waals surface area contributed by atoms with Crippen molar-refractivity contribution in [2.45, 2.75) is 11.8 Å². The number of phenols is 1. The third-order valence-electron chi connectivity index (χ3n) is 2.41. The van der Waals surface area contributed by atoms with Gasteiger partial charge in [0.2, 0.25) is 0 Å². The molecule has 0 heterocycles. The van der Waals surface area contributed by atoms with E-state index in [2.05, 4.69) is 4.72 Å². The van der Waals surface area contributed by atoms with Crippen LogP contribution in [-0.2, 0) is 0 Å². The molecular weight excluding hydrogens is 325 g/mol. The maximum Gasteiger partial charge on any atom is 0.136 e. The fraction of sp³-hybridized carbons (Fsp3) is 0.0769. The van der Waals surface area contributed by atoms with Crippen LogP contribution in [-0.4, -0.2) is 5.11 Å². The van der Waals surface area contributed by atoms with Crippen molar-refractivity contribution in [2.75, 3.05) is 4.72 Å². The lowest BCUT2D eigenvalue weighted by Crippen LogP contribution is -1.90. The predicted octanol–water partition coefficient (Wildman–Crippen LogP) is 5.78. The predicted molar refractivity (Wildman–Crippen MR) is 83.8 cm³/mol. The SMILES string of the molecule is Cc1cc(Cl)cc(Cl)c1SNc1ccc(Cl)c(O)c1. The highest BCUT2D eigenvalue weighted by atomic mass is 35.5. The zero-order chi connectivity index (χ0) is 14.0. The van der Waals surface area contributed by atoms with Crippen LogP contribution in [0.15, 0.2) is 35.2 Å². The van der Waals surface area contributed by atoms with Crippen molar-refractivity contribution in [1.82, 2.24) is 0 Å². The summed E-state index contributed by atoms with van der Waals surface area (Å²) >= 11 is 19.2. The first-order valence-corrected chi connectivity index (χ1v) is 7.29. The van der Waals surface area contributed by atoms with Crippen LogP contribution in [0.2, 0.25) is 15.1 Å². The molecule has 0 spiro atoms. The molecule has 0 radical (unpaired) electrons. The number of halogens is 3. The number of hydrogen-bond donors (Lipinski definition) is 2. The minimum atomic E-state index is 0.0335. The molecule has 0 fully saturated rings. The third-order valence-corrected chi connectivity index (χ3v) is 4.44. The van der Waals surface area contributed by atoms with Gasteiger partial charge in [0.15, 0.2) is 0 Å². The molecule has 0 saturated heterocycles. The summed E-state index contributed by atoms with van der Waals surface area (Å²) in [6.45, 7) is 1.93. The monoisotopic (exact) mass is 333 g/mol. The minimum absolute atomic E-state index is 0.0335. The average Bonchev–Trinajstić information content (AvgIpc) is 2.32. The highest BCUT2D eigenvalue weighted by molar-refractivity contribution is 8.00. The summed E-state index contributed by atoms with van der Waals surface area (Å²) in [6, 6.07) is 8.48. The second-order valence-electron chi connectivity index (χ2n) is 3.90. The van der Waals surface area contributed by atoms with Crippen LogP contribution in [0.1, 0.15) is 5.56 Å². The zero-order valence-electron chi connectivity index (χ0n) is 9.88. The molecule has 0 amide bonds.